The maximum atomic E-state index is 12.0. The van der Waals surface area contributed by atoms with Gasteiger partial charge in [-0.05, 0) is 49.1 Å². The number of sulfonamides is 1. The maximum Gasteiger partial charge on any atom is 0.245 e. The van der Waals surface area contributed by atoms with Gasteiger partial charge in [0.1, 0.15) is 17.7 Å². The van der Waals surface area contributed by atoms with Crippen molar-refractivity contribution in [2.45, 2.75) is 49.9 Å². The van der Waals surface area contributed by atoms with Gasteiger partial charge in [0.2, 0.25) is 21.8 Å². The first-order valence-corrected chi connectivity index (χ1v) is 12.8. The number of rotatable bonds is 5. The van der Waals surface area contributed by atoms with Crippen molar-refractivity contribution in [1.29, 1.82) is 0 Å². The molecule has 8 nitrogen and oxygen atoms in total. The first-order valence-electron chi connectivity index (χ1n) is 10.5. The molecule has 5 rings (SSSR count). The lowest BCUT2D eigenvalue weighted by atomic mass is 9.95. The van der Waals surface area contributed by atoms with Crippen LogP contribution in [-0.4, -0.2) is 45.9 Å². The van der Waals surface area contributed by atoms with Crippen LogP contribution in [-0.2, 0) is 21.3 Å². The summed E-state index contributed by atoms with van der Waals surface area (Å²) in [4.78, 5) is 0. The Hall–Kier alpha value is -1.94. The van der Waals surface area contributed by atoms with Crippen LogP contribution in [0, 0.1) is 5.92 Å². The highest BCUT2D eigenvalue weighted by Gasteiger charge is 2.38. The molecule has 1 aromatic carbocycles. The minimum atomic E-state index is -3.33. The zero-order valence-electron chi connectivity index (χ0n) is 17.2. The molecule has 0 N–H and O–H groups in total. The molecule has 4 atom stereocenters. The number of halogens is 1. The molecule has 2 aromatic heterocycles. The maximum absolute atomic E-state index is 12.0. The van der Waals surface area contributed by atoms with Crippen LogP contribution in [0.3, 0.4) is 0 Å². The van der Waals surface area contributed by atoms with E-state index in [9.17, 15) is 8.42 Å². The van der Waals surface area contributed by atoms with Crippen molar-refractivity contribution < 1.29 is 17.6 Å². The third-order valence-electron chi connectivity index (χ3n) is 6.16. The fraction of sp³-hybridized carbons (Fsp3) is 0.524. The molecule has 0 unspecified atom stereocenters. The van der Waals surface area contributed by atoms with Crippen LogP contribution in [0.4, 0.5) is 0 Å². The molecule has 3 aromatic rings. The minimum Gasteiger partial charge on any atom is -0.421 e. The van der Waals surface area contributed by atoms with Crippen molar-refractivity contribution in [3.8, 4) is 0 Å². The van der Waals surface area contributed by atoms with Crippen LogP contribution in [0.1, 0.15) is 49.6 Å². The van der Waals surface area contributed by atoms with E-state index in [1.807, 2.05) is 12.1 Å². The van der Waals surface area contributed by atoms with Gasteiger partial charge in [0.25, 0.3) is 0 Å². The second-order valence-electron chi connectivity index (χ2n) is 8.41. The Morgan fingerprint density at radius 2 is 1.97 bits per heavy atom. The summed E-state index contributed by atoms with van der Waals surface area (Å²) in [6.07, 6.45) is 5.78. The first kappa shape index (κ1) is 20.9. The Labute approximate surface area is 186 Å². The molecule has 10 heteroatoms. The van der Waals surface area contributed by atoms with Gasteiger partial charge in [0.15, 0.2) is 0 Å². The van der Waals surface area contributed by atoms with Crippen molar-refractivity contribution in [3.05, 3.63) is 48.3 Å². The van der Waals surface area contributed by atoms with E-state index in [-0.39, 0.29) is 5.92 Å². The number of alkyl halides is 1. The molecule has 2 saturated heterocycles. The zero-order chi connectivity index (χ0) is 21.6. The van der Waals surface area contributed by atoms with Crippen molar-refractivity contribution in [2.75, 3.05) is 12.8 Å². The average molecular weight is 465 g/mol. The summed E-state index contributed by atoms with van der Waals surface area (Å²) in [6.45, 7) is 1.29. The third-order valence-corrected chi connectivity index (χ3v) is 7.73. The average Bonchev–Trinajstić information content (AvgIpc) is 3.46. The quantitative estimate of drug-likeness (QED) is 0.532. The highest BCUT2D eigenvalue weighted by atomic mass is 35.5. The largest absolute Gasteiger partial charge is 0.421 e. The Bertz CT molecular complexity index is 1180. The van der Waals surface area contributed by atoms with E-state index in [0.717, 1.165) is 19.4 Å². The Kier molecular flexibility index (Phi) is 5.54. The van der Waals surface area contributed by atoms with E-state index in [0.29, 0.717) is 31.2 Å². The minimum absolute atomic E-state index is 0.284. The van der Waals surface area contributed by atoms with Crippen LogP contribution < -0.4 is 0 Å². The van der Waals surface area contributed by atoms with Gasteiger partial charge in [-0.2, -0.15) is 4.31 Å². The van der Waals surface area contributed by atoms with Crippen LogP contribution in [0.2, 0.25) is 0 Å². The lowest BCUT2D eigenvalue weighted by Crippen LogP contribution is -2.29. The lowest BCUT2D eigenvalue weighted by Gasteiger charge is -2.31. The van der Waals surface area contributed by atoms with Crippen LogP contribution >= 0.6 is 11.6 Å². The van der Waals surface area contributed by atoms with E-state index in [1.54, 1.807) is 0 Å². The van der Waals surface area contributed by atoms with Crippen LogP contribution in [0.15, 0.2) is 40.9 Å². The second kappa shape index (κ2) is 8.20. The van der Waals surface area contributed by atoms with Crippen LogP contribution in [0.25, 0.3) is 10.9 Å². The monoisotopic (exact) mass is 464 g/mol. The zero-order valence-corrected chi connectivity index (χ0v) is 18.8. The summed E-state index contributed by atoms with van der Waals surface area (Å²) < 4.78 is 39.6. The lowest BCUT2D eigenvalue weighted by molar-refractivity contribution is -0.0500. The molecule has 4 heterocycles. The summed E-state index contributed by atoms with van der Waals surface area (Å²) in [7, 11) is -3.33. The highest BCUT2D eigenvalue weighted by molar-refractivity contribution is 7.88. The van der Waals surface area contributed by atoms with Crippen LogP contribution in [0.5, 0.6) is 0 Å². The van der Waals surface area contributed by atoms with Crippen molar-refractivity contribution in [1.82, 2.24) is 19.1 Å². The van der Waals surface area contributed by atoms with Gasteiger partial charge in [-0.15, -0.1) is 10.2 Å². The van der Waals surface area contributed by atoms with Crippen molar-refractivity contribution in [2.24, 2.45) is 5.92 Å². The number of fused-ring (bicyclic) bond motifs is 1. The number of benzene rings is 1. The summed E-state index contributed by atoms with van der Waals surface area (Å²) in [5, 5.41) is 9.55. The number of para-hydroxylation sites is 1. The molecular formula is C21H25ClN4O4S. The van der Waals surface area contributed by atoms with Gasteiger partial charge >= 0.3 is 0 Å². The Morgan fingerprint density at radius 1 is 1.16 bits per heavy atom. The summed E-state index contributed by atoms with van der Waals surface area (Å²) >= 11 is 6.42. The molecule has 0 aliphatic carbocycles. The number of nitrogens with zero attached hydrogens (tertiary/aromatic N) is 4. The fourth-order valence-electron chi connectivity index (χ4n) is 4.73. The summed E-state index contributed by atoms with van der Waals surface area (Å²) in [5.41, 5.74) is 0.749. The molecule has 0 bridgehead atoms. The Morgan fingerprint density at radius 3 is 2.81 bits per heavy atom. The Balaban J connectivity index is 1.33. The van der Waals surface area contributed by atoms with E-state index < -0.39 is 27.7 Å². The topological polar surface area (TPSA) is 90.5 Å². The highest BCUT2D eigenvalue weighted by Crippen LogP contribution is 2.39. The molecule has 0 amide bonds. The predicted molar refractivity (Wildman–Crippen MR) is 116 cm³/mol. The fourth-order valence-corrected chi connectivity index (χ4v) is 6.23. The SMILES string of the molecule is CS(=O)(=O)N1CCC[C@H]1c1nnc([C@@H]2C[C@H](Cn3ccc4ccccc43)C[C@H](Cl)O2)o1. The van der Waals surface area contributed by atoms with Gasteiger partial charge in [0.05, 0.1) is 6.26 Å². The van der Waals surface area contributed by atoms with Gasteiger partial charge in [-0.25, -0.2) is 8.42 Å². The molecule has 166 valence electrons. The van der Waals surface area contributed by atoms with E-state index in [1.165, 1.54) is 21.5 Å². The van der Waals surface area contributed by atoms with Crippen molar-refractivity contribution in [3.63, 3.8) is 0 Å². The van der Waals surface area contributed by atoms with Gasteiger partial charge < -0.3 is 13.7 Å². The number of hydrogen-bond acceptors (Lipinski definition) is 6. The summed E-state index contributed by atoms with van der Waals surface area (Å²) in [5.74, 6) is 0.973. The smallest absolute Gasteiger partial charge is 0.245 e. The molecular weight excluding hydrogens is 440 g/mol. The van der Waals surface area contributed by atoms with E-state index in [2.05, 4.69) is 39.2 Å². The van der Waals surface area contributed by atoms with E-state index >= 15 is 0 Å². The van der Waals surface area contributed by atoms with E-state index in [4.69, 9.17) is 20.8 Å². The molecule has 2 fully saturated rings. The third kappa shape index (κ3) is 4.24. The molecule has 0 spiro atoms. The van der Waals surface area contributed by atoms with Gasteiger partial charge in [-0.1, -0.05) is 29.8 Å². The molecule has 0 saturated carbocycles. The predicted octanol–water partition coefficient (Wildman–Crippen LogP) is 3.85. The molecule has 2 aliphatic rings. The number of aromatic nitrogens is 3. The number of hydrogen-bond donors (Lipinski definition) is 0. The normalized spacial score (nSPS) is 27.8. The van der Waals surface area contributed by atoms with Crippen molar-refractivity contribution >= 4 is 32.5 Å². The molecule has 31 heavy (non-hydrogen) atoms. The standard InChI is InChI=1S/C21H25ClN4O4S/c1-31(27,28)26-9-4-7-17(26)20-23-24-21(30-20)18-11-14(12-19(22)29-18)13-25-10-8-15-5-2-3-6-16(15)25/h2-3,5-6,8,10,14,17-19H,4,7,9,11-13H2,1H3/t14-,17-,18-,19+/m0/s1. The number of ether oxygens (including phenoxy) is 1. The molecule has 0 radical (unpaired) electrons. The van der Waals surface area contributed by atoms with Gasteiger partial charge in [0, 0.05) is 24.8 Å². The second-order valence-corrected chi connectivity index (χ2v) is 10.8. The molecule has 2 aliphatic heterocycles. The van der Waals surface area contributed by atoms with Gasteiger partial charge in [-0.3, -0.25) is 0 Å². The first-order chi connectivity index (χ1) is 14.9. The summed E-state index contributed by atoms with van der Waals surface area (Å²) in [6, 6.07) is 10.0.